The minimum atomic E-state index is -0.427. The SMILES string of the molecule is C=C/C(=C(\C)CN(C)C1CCN(C(=O)OC(C)(C)C)CC1)N1CCCC1. The maximum atomic E-state index is 12.2. The third-order valence-corrected chi connectivity index (χ3v) is 5.30. The van der Waals surface area contributed by atoms with Gasteiger partial charge in [-0.05, 0) is 72.1 Å². The lowest BCUT2D eigenvalue weighted by Crippen LogP contribution is -2.47. The smallest absolute Gasteiger partial charge is 0.410 e. The topological polar surface area (TPSA) is 36.0 Å². The van der Waals surface area contributed by atoms with Gasteiger partial charge in [0.2, 0.25) is 0 Å². The molecular formula is C21H37N3O2. The van der Waals surface area contributed by atoms with Gasteiger partial charge < -0.3 is 14.5 Å². The van der Waals surface area contributed by atoms with E-state index in [1.807, 2.05) is 31.7 Å². The molecule has 0 aromatic heterocycles. The Balaban J connectivity index is 1.86. The maximum absolute atomic E-state index is 12.2. The van der Waals surface area contributed by atoms with Crippen LogP contribution in [0.4, 0.5) is 4.79 Å². The van der Waals surface area contributed by atoms with Gasteiger partial charge in [-0.25, -0.2) is 4.79 Å². The van der Waals surface area contributed by atoms with Crippen LogP contribution < -0.4 is 0 Å². The summed E-state index contributed by atoms with van der Waals surface area (Å²) in [4.78, 5) is 18.9. The normalized spacial score (nSPS) is 20.4. The minimum absolute atomic E-state index is 0.183. The lowest BCUT2D eigenvalue weighted by atomic mass is 10.0. The van der Waals surface area contributed by atoms with E-state index in [1.165, 1.54) is 24.1 Å². The molecule has 2 aliphatic rings. The van der Waals surface area contributed by atoms with Crippen LogP contribution in [0.25, 0.3) is 0 Å². The molecule has 0 spiro atoms. The number of allylic oxidation sites excluding steroid dienone is 1. The first-order valence-electron chi connectivity index (χ1n) is 9.96. The fraction of sp³-hybridized carbons (Fsp3) is 0.762. The Morgan fingerprint density at radius 1 is 1.15 bits per heavy atom. The first-order chi connectivity index (χ1) is 12.2. The molecule has 0 N–H and O–H groups in total. The maximum Gasteiger partial charge on any atom is 0.410 e. The van der Waals surface area contributed by atoms with Gasteiger partial charge in [-0.1, -0.05) is 6.58 Å². The Morgan fingerprint density at radius 3 is 2.23 bits per heavy atom. The molecule has 0 aliphatic carbocycles. The summed E-state index contributed by atoms with van der Waals surface area (Å²) in [5.74, 6) is 0. The number of hydrogen-bond donors (Lipinski definition) is 0. The van der Waals surface area contributed by atoms with E-state index in [4.69, 9.17) is 4.74 Å². The van der Waals surface area contributed by atoms with Crippen molar-refractivity contribution >= 4 is 6.09 Å². The number of nitrogens with zero attached hydrogens (tertiary/aromatic N) is 3. The van der Waals surface area contributed by atoms with Crippen LogP contribution in [-0.2, 0) is 4.74 Å². The van der Waals surface area contributed by atoms with Gasteiger partial charge in [0.1, 0.15) is 5.60 Å². The summed E-state index contributed by atoms with van der Waals surface area (Å²) < 4.78 is 5.49. The van der Waals surface area contributed by atoms with Crippen molar-refractivity contribution in [2.75, 3.05) is 39.8 Å². The summed E-state index contributed by atoms with van der Waals surface area (Å²) in [6.07, 6.45) is 6.39. The quantitative estimate of drug-likeness (QED) is 0.695. The first-order valence-corrected chi connectivity index (χ1v) is 9.96. The van der Waals surface area contributed by atoms with E-state index in [0.717, 1.165) is 45.6 Å². The number of hydrogen-bond acceptors (Lipinski definition) is 4. The largest absolute Gasteiger partial charge is 0.444 e. The van der Waals surface area contributed by atoms with Crippen molar-refractivity contribution in [1.29, 1.82) is 0 Å². The van der Waals surface area contributed by atoms with E-state index in [9.17, 15) is 4.79 Å². The predicted octanol–water partition coefficient (Wildman–Crippen LogP) is 3.87. The van der Waals surface area contributed by atoms with Crippen molar-refractivity contribution in [3.8, 4) is 0 Å². The van der Waals surface area contributed by atoms with Gasteiger partial charge in [-0.3, -0.25) is 4.90 Å². The summed E-state index contributed by atoms with van der Waals surface area (Å²) >= 11 is 0. The molecule has 5 heteroatoms. The highest BCUT2D eigenvalue weighted by Crippen LogP contribution is 2.22. The van der Waals surface area contributed by atoms with Crippen LogP contribution in [0.15, 0.2) is 23.9 Å². The van der Waals surface area contributed by atoms with Crippen LogP contribution in [-0.4, -0.2) is 72.2 Å². The van der Waals surface area contributed by atoms with Crippen molar-refractivity contribution in [3.05, 3.63) is 23.9 Å². The van der Waals surface area contributed by atoms with E-state index in [0.29, 0.717) is 6.04 Å². The molecule has 0 unspecified atom stereocenters. The van der Waals surface area contributed by atoms with Crippen LogP contribution in [0.5, 0.6) is 0 Å². The summed E-state index contributed by atoms with van der Waals surface area (Å²) in [6.45, 7) is 16.8. The van der Waals surface area contributed by atoms with E-state index in [2.05, 4.69) is 30.4 Å². The third kappa shape index (κ3) is 5.76. The second kappa shape index (κ2) is 8.94. The van der Waals surface area contributed by atoms with E-state index >= 15 is 0 Å². The number of carbonyl (C=O) groups is 1. The number of ether oxygens (including phenoxy) is 1. The predicted molar refractivity (Wildman–Crippen MR) is 107 cm³/mol. The number of likely N-dealkylation sites (N-methyl/N-ethyl adjacent to an activating group) is 1. The fourth-order valence-corrected chi connectivity index (χ4v) is 3.93. The van der Waals surface area contributed by atoms with E-state index < -0.39 is 5.60 Å². The molecular weight excluding hydrogens is 326 g/mol. The number of piperidine rings is 1. The van der Waals surface area contributed by atoms with Gasteiger partial charge in [-0.2, -0.15) is 0 Å². The molecule has 5 nitrogen and oxygen atoms in total. The molecule has 2 aliphatic heterocycles. The molecule has 2 rings (SSSR count). The molecule has 26 heavy (non-hydrogen) atoms. The van der Waals surface area contributed by atoms with Crippen LogP contribution in [0.3, 0.4) is 0 Å². The highest BCUT2D eigenvalue weighted by molar-refractivity contribution is 5.68. The zero-order chi connectivity index (χ0) is 19.3. The Hall–Kier alpha value is -1.49. The molecule has 0 aromatic rings. The van der Waals surface area contributed by atoms with Crippen LogP contribution in [0.2, 0.25) is 0 Å². The second-order valence-corrected chi connectivity index (χ2v) is 8.68. The van der Waals surface area contributed by atoms with Gasteiger partial charge >= 0.3 is 6.09 Å². The van der Waals surface area contributed by atoms with Gasteiger partial charge in [0.25, 0.3) is 0 Å². The Bertz CT molecular complexity index is 522. The number of likely N-dealkylation sites (tertiary alicyclic amines) is 2. The van der Waals surface area contributed by atoms with E-state index in [-0.39, 0.29) is 6.09 Å². The number of amides is 1. The summed E-state index contributed by atoms with van der Waals surface area (Å²) in [7, 11) is 2.20. The third-order valence-electron chi connectivity index (χ3n) is 5.30. The minimum Gasteiger partial charge on any atom is -0.444 e. The average Bonchev–Trinajstić information content (AvgIpc) is 3.08. The van der Waals surface area contributed by atoms with Crippen molar-refractivity contribution in [2.45, 2.75) is 65.0 Å². The summed E-state index contributed by atoms with van der Waals surface area (Å²) in [6, 6.07) is 0.508. The number of rotatable bonds is 5. The zero-order valence-corrected chi connectivity index (χ0v) is 17.4. The lowest BCUT2D eigenvalue weighted by Gasteiger charge is -2.37. The molecule has 0 bridgehead atoms. The Morgan fingerprint density at radius 2 is 1.73 bits per heavy atom. The van der Waals surface area contributed by atoms with Gasteiger partial charge in [0, 0.05) is 44.5 Å². The fourth-order valence-electron chi connectivity index (χ4n) is 3.93. The van der Waals surface area contributed by atoms with Crippen LogP contribution in [0, 0.1) is 0 Å². The first kappa shape index (κ1) is 20.8. The summed E-state index contributed by atoms with van der Waals surface area (Å²) in [5.41, 5.74) is 2.27. The molecule has 2 saturated heterocycles. The molecule has 0 atom stereocenters. The van der Waals surface area contributed by atoms with Crippen molar-refractivity contribution in [1.82, 2.24) is 14.7 Å². The van der Waals surface area contributed by atoms with Crippen molar-refractivity contribution in [3.63, 3.8) is 0 Å². The Labute approximate surface area is 159 Å². The molecule has 148 valence electrons. The van der Waals surface area contributed by atoms with Gasteiger partial charge in [-0.15, -0.1) is 0 Å². The summed E-state index contributed by atoms with van der Waals surface area (Å²) in [5, 5.41) is 0. The van der Waals surface area contributed by atoms with Crippen LogP contribution >= 0.6 is 0 Å². The van der Waals surface area contributed by atoms with Gasteiger partial charge in [0.05, 0.1) is 0 Å². The Kier molecular flexibility index (Phi) is 7.16. The van der Waals surface area contributed by atoms with E-state index in [1.54, 1.807) is 0 Å². The highest BCUT2D eigenvalue weighted by atomic mass is 16.6. The zero-order valence-electron chi connectivity index (χ0n) is 17.4. The molecule has 1 amide bonds. The standard InChI is InChI=1S/C21H37N3O2/c1-7-19(23-12-8-9-13-23)17(2)16-22(6)18-10-14-24(15-11-18)20(25)26-21(3,4)5/h7,18H,1,8-16H2,2-6H3/b19-17-. The number of carbonyl (C=O) groups excluding carboxylic acids is 1. The molecule has 2 heterocycles. The monoisotopic (exact) mass is 363 g/mol. The highest BCUT2D eigenvalue weighted by Gasteiger charge is 2.28. The van der Waals surface area contributed by atoms with Crippen molar-refractivity contribution in [2.24, 2.45) is 0 Å². The van der Waals surface area contributed by atoms with Crippen molar-refractivity contribution < 1.29 is 9.53 Å². The van der Waals surface area contributed by atoms with Crippen LogP contribution in [0.1, 0.15) is 53.4 Å². The molecule has 0 aromatic carbocycles. The lowest BCUT2D eigenvalue weighted by molar-refractivity contribution is 0.0160. The van der Waals surface area contributed by atoms with Gasteiger partial charge in [0.15, 0.2) is 0 Å². The molecule has 2 fully saturated rings. The molecule has 0 saturated carbocycles. The second-order valence-electron chi connectivity index (χ2n) is 8.68. The average molecular weight is 364 g/mol. The molecule has 0 radical (unpaired) electrons.